The summed E-state index contributed by atoms with van der Waals surface area (Å²) >= 11 is 7.11. The molecule has 11 unspecified atom stereocenters. The second kappa shape index (κ2) is 20.8. The van der Waals surface area contributed by atoms with Gasteiger partial charge in [0, 0.05) is 43.6 Å². The fraction of sp³-hybridized carbons (Fsp3) is 0.902. The Bertz CT molecular complexity index is 1080. The van der Waals surface area contributed by atoms with Gasteiger partial charge in [0.2, 0.25) is 5.91 Å². The molecule has 0 aromatic carbocycles. The van der Waals surface area contributed by atoms with Crippen molar-refractivity contribution in [3.05, 3.63) is 11.1 Å². The van der Waals surface area contributed by atoms with Crippen LogP contribution in [0.4, 0.5) is 0 Å². The van der Waals surface area contributed by atoms with Gasteiger partial charge in [-0.2, -0.15) is 5.26 Å². The van der Waals surface area contributed by atoms with E-state index < -0.39 is 0 Å². The van der Waals surface area contributed by atoms with Crippen molar-refractivity contribution in [1.29, 1.82) is 5.26 Å². The standard InChI is InChI=1S/C41H71ClN4O3/c1-7-11-29-15-17-30(12-8-2)33(19-16-29)28(6)26-49-38-20-18-32(21-35(38)42)45-41-31(24-43)25-44-36-23-39(48-9-3)37(22-34(36)41)46-40(47)14-10-13-27(4)5/h27-29,31-32,34-39,41,44-45H,7-23,25-26H2,1-6H3,(H,46,47). The highest BCUT2D eigenvalue weighted by molar-refractivity contribution is 6.21. The van der Waals surface area contributed by atoms with Crippen molar-refractivity contribution >= 4 is 17.5 Å². The van der Waals surface area contributed by atoms with Gasteiger partial charge in [0.05, 0.1) is 42.2 Å². The lowest BCUT2D eigenvalue weighted by molar-refractivity contribution is -0.124. The van der Waals surface area contributed by atoms with Crippen LogP contribution in [-0.4, -0.2) is 67.4 Å². The number of nitriles is 1. The third-order valence-electron chi connectivity index (χ3n) is 12.2. The molecule has 11 atom stereocenters. The van der Waals surface area contributed by atoms with Crippen LogP contribution in [0.5, 0.6) is 0 Å². The number of fused-ring (bicyclic) bond motifs is 1. The van der Waals surface area contributed by atoms with Crippen molar-refractivity contribution in [1.82, 2.24) is 16.0 Å². The molecule has 2 saturated carbocycles. The minimum atomic E-state index is -0.127. The first-order valence-electron chi connectivity index (χ1n) is 20.4. The van der Waals surface area contributed by atoms with E-state index in [1.165, 1.54) is 51.4 Å². The Hall–Kier alpha value is -1.17. The summed E-state index contributed by atoms with van der Waals surface area (Å²) in [6.45, 7) is 15.5. The summed E-state index contributed by atoms with van der Waals surface area (Å²) in [5.41, 5.74) is 3.39. The van der Waals surface area contributed by atoms with Gasteiger partial charge < -0.3 is 25.4 Å². The number of allylic oxidation sites excluding steroid dienone is 1. The van der Waals surface area contributed by atoms with Crippen LogP contribution in [0, 0.1) is 40.9 Å². The first-order chi connectivity index (χ1) is 23.7. The molecule has 1 amide bonds. The Balaban J connectivity index is 1.33. The van der Waals surface area contributed by atoms with Crippen LogP contribution in [0.2, 0.25) is 0 Å². The zero-order valence-electron chi connectivity index (χ0n) is 31.9. The van der Waals surface area contributed by atoms with Crippen LogP contribution < -0.4 is 16.0 Å². The van der Waals surface area contributed by atoms with Gasteiger partial charge in [-0.1, -0.05) is 71.4 Å². The van der Waals surface area contributed by atoms with Crippen LogP contribution in [-0.2, 0) is 14.3 Å². The van der Waals surface area contributed by atoms with E-state index >= 15 is 0 Å². The Morgan fingerprint density at radius 1 is 1.02 bits per heavy atom. The first-order valence-corrected chi connectivity index (χ1v) is 20.9. The number of alkyl halides is 1. The van der Waals surface area contributed by atoms with Crippen molar-refractivity contribution in [2.45, 2.75) is 186 Å². The molecule has 0 aromatic heterocycles. The quantitative estimate of drug-likeness (QED) is 0.104. The van der Waals surface area contributed by atoms with Crippen molar-refractivity contribution in [2.75, 3.05) is 19.8 Å². The van der Waals surface area contributed by atoms with Gasteiger partial charge in [0.25, 0.3) is 0 Å². The Kier molecular flexibility index (Phi) is 17.2. The van der Waals surface area contributed by atoms with Gasteiger partial charge >= 0.3 is 0 Å². The van der Waals surface area contributed by atoms with Crippen LogP contribution in [0.3, 0.4) is 0 Å². The second-order valence-corrected chi connectivity index (χ2v) is 17.0. The number of halogens is 1. The number of nitrogens with one attached hydrogen (secondary N) is 3. The van der Waals surface area contributed by atoms with Gasteiger partial charge in [0.15, 0.2) is 0 Å². The van der Waals surface area contributed by atoms with Gasteiger partial charge in [-0.15, -0.1) is 11.6 Å². The van der Waals surface area contributed by atoms with E-state index in [2.05, 4.69) is 56.6 Å². The molecule has 0 spiro atoms. The number of hydrogen-bond acceptors (Lipinski definition) is 6. The minimum absolute atomic E-state index is 0.0149. The number of nitrogens with zero attached hydrogens (tertiary/aromatic N) is 1. The molecule has 3 fully saturated rings. The molecule has 1 saturated heterocycles. The van der Waals surface area contributed by atoms with Crippen molar-refractivity contribution in [3.8, 4) is 6.07 Å². The molecule has 4 aliphatic rings. The predicted molar refractivity (Wildman–Crippen MR) is 202 cm³/mol. The molecular weight excluding hydrogens is 632 g/mol. The zero-order valence-corrected chi connectivity index (χ0v) is 32.7. The van der Waals surface area contributed by atoms with Gasteiger partial charge in [-0.3, -0.25) is 4.79 Å². The Labute approximate surface area is 304 Å². The molecule has 1 heterocycles. The maximum atomic E-state index is 13.0. The van der Waals surface area contributed by atoms with E-state index in [9.17, 15) is 10.1 Å². The third kappa shape index (κ3) is 11.9. The lowest BCUT2D eigenvalue weighted by Crippen LogP contribution is -2.66. The summed E-state index contributed by atoms with van der Waals surface area (Å²) in [6, 6.07) is 3.14. The largest absolute Gasteiger partial charge is 0.376 e. The summed E-state index contributed by atoms with van der Waals surface area (Å²) in [5.74, 6) is 2.15. The molecule has 7 nitrogen and oxygen atoms in total. The lowest BCUT2D eigenvalue weighted by atomic mass is 9.69. The topological polar surface area (TPSA) is 95.4 Å². The Morgan fingerprint density at radius 3 is 2.51 bits per heavy atom. The molecule has 0 bridgehead atoms. The van der Waals surface area contributed by atoms with E-state index in [-0.39, 0.29) is 59.5 Å². The van der Waals surface area contributed by atoms with Crippen molar-refractivity contribution < 1.29 is 14.3 Å². The highest BCUT2D eigenvalue weighted by Gasteiger charge is 2.47. The van der Waals surface area contributed by atoms with Gasteiger partial charge in [0.1, 0.15) is 0 Å². The zero-order chi connectivity index (χ0) is 35.3. The van der Waals surface area contributed by atoms with E-state index in [0.717, 1.165) is 57.5 Å². The summed E-state index contributed by atoms with van der Waals surface area (Å²) in [4.78, 5) is 13.0. The number of amides is 1. The van der Waals surface area contributed by atoms with Crippen LogP contribution in [0.25, 0.3) is 0 Å². The summed E-state index contributed by atoms with van der Waals surface area (Å²) in [7, 11) is 0. The fourth-order valence-electron chi connectivity index (χ4n) is 9.57. The lowest BCUT2D eigenvalue weighted by Gasteiger charge is -2.50. The molecule has 8 heteroatoms. The van der Waals surface area contributed by atoms with E-state index in [1.54, 1.807) is 11.1 Å². The highest BCUT2D eigenvalue weighted by Crippen LogP contribution is 2.38. The number of piperidine rings is 1. The number of carbonyl (C=O) groups is 1. The molecule has 0 aromatic rings. The second-order valence-electron chi connectivity index (χ2n) is 16.4. The molecule has 1 aliphatic heterocycles. The van der Waals surface area contributed by atoms with Crippen LogP contribution in [0.15, 0.2) is 11.1 Å². The smallest absolute Gasteiger partial charge is 0.220 e. The molecular formula is C41H71ClN4O3. The maximum Gasteiger partial charge on any atom is 0.220 e. The average molecular weight is 703 g/mol. The first kappa shape index (κ1) is 40.6. The highest BCUT2D eigenvalue weighted by atomic mass is 35.5. The molecule has 0 radical (unpaired) electrons. The molecule has 4 rings (SSSR count). The van der Waals surface area contributed by atoms with Crippen LogP contribution in [0.1, 0.15) is 144 Å². The molecule has 49 heavy (non-hydrogen) atoms. The predicted octanol–water partition coefficient (Wildman–Crippen LogP) is 8.45. The molecule has 3 aliphatic carbocycles. The SMILES string of the molecule is CCCC1=C(C(C)COC2CCC(NC3C(C#N)CNC4CC(OCC)C(NC(=O)CCCC(C)C)CC43)CC2Cl)CCC(CCC)CC1. The summed E-state index contributed by atoms with van der Waals surface area (Å²) < 4.78 is 12.8. The Morgan fingerprint density at radius 2 is 1.82 bits per heavy atom. The van der Waals surface area contributed by atoms with Crippen molar-refractivity contribution in [3.63, 3.8) is 0 Å². The van der Waals surface area contributed by atoms with Crippen molar-refractivity contribution in [2.24, 2.45) is 29.6 Å². The number of carbonyl (C=O) groups excluding carboxylic acids is 1. The number of rotatable bonds is 17. The maximum absolute atomic E-state index is 13.0. The van der Waals surface area contributed by atoms with Gasteiger partial charge in [-0.25, -0.2) is 0 Å². The molecule has 3 N–H and O–H groups in total. The molecule has 280 valence electrons. The fourth-order valence-corrected chi connectivity index (χ4v) is 9.98. The minimum Gasteiger partial charge on any atom is -0.376 e. The third-order valence-corrected chi connectivity index (χ3v) is 12.7. The average Bonchev–Trinajstić information content (AvgIpc) is 3.27. The number of ether oxygens (including phenoxy) is 2. The normalized spacial score (nSPS) is 34.6. The van der Waals surface area contributed by atoms with E-state index in [1.807, 2.05) is 6.92 Å². The summed E-state index contributed by atoms with van der Waals surface area (Å²) in [5, 5.41) is 21.2. The van der Waals surface area contributed by atoms with Crippen LogP contribution >= 0.6 is 11.6 Å². The van der Waals surface area contributed by atoms with E-state index in [4.69, 9.17) is 21.1 Å². The monoisotopic (exact) mass is 703 g/mol. The number of hydrogen-bond donors (Lipinski definition) is 3. The van der Waals surface area contributed by atoms with E-state index in [0.29, 0.717) is 31.4 Å². The summed E-state index contributed by atoms with van der Waals surface area (Å²) in [6.07, 6.45) is 17.3. The van der Waals surface area contributed by atoms with Gasteiger partial charge in [-0.05, 0) is 95.3 Å².